The average Bonchev–Trinajstić information content (AvgIpc) is 2.07. The monoisotopic (exact) mass is 217 g/mol. The van der Waals surface area contributed by atoms with Crippen LogP contribution in [0.15, 0.2) is 10.7 Å². The smallest absolute Gasteiger partial charge is 0.352 e. The van der Waals surface area contributed by atoms with Gasteiger partial charge >= 0.3 is 5.97 Å². The van der Waals surface area contributed by atoms with Gasteiger partial charge in [0.15, 0.2) is 0 Å². The molecule has 60 valence electrons. The molecule has 0 aliphatic rings. The lowest BCUT2D eigenvalue weighted by atomic mass is 10.3. The van der Waals surface area contributed by atoms with E-state index < -0.39 is 5.97 Å². The Kier molecular flexibility index (Phi) is 2.04. The van der Waals surface area contributed by atoms with Crippen LogP contribution >= 0.6 is 15.9 Å². The van der Waals surface area contributed by atoms with Gasteiger partial charge in [0.05, 0.1) is 4.60 Å². The van der Waals surface area contributed by atoms with E-state index in [1.165, 1.54) is 0 Å². The Bertz CT molecular complexity index is 304. The molecule has 1 aromatic heterocycles. The van der Waals surface area contributed by atoms with Gasteiger partial charge in [0.25, 0.3) is 0 Å². The molecule has 4 heteroatoms. The van der Waals surface area contributed by atoms with Crippen molar-refractivity contribution in [2.45, 2.75) is 6.92 Å². The molecule has 0 atom stereocenters. The fraction of sp³-hybridized carbons (Fsp3) is 0.286. The minimum atomic E-state index is -0.893. The molecule has 0 aromatic carbocycles. The lowest BCUT2D eigenvalue weighted by Crippen LogP contribution is -2.05. The molecule has 0 aliphatic heterocycles. The van der Waals surface area contributed by atoms with Gasteiger partial charge in [-0.25, -0.2) is 4.79 Å². The molecule has 0 unspecified atom stereocenters. The van der Waals surface area contributed by atoms with Gasteiger partial charge in [0, 0.05) is 7.05 Å². The summed E-state index contributed by atoms with van der Waals surface area (Å²) in [5.41, 5.74) is 1.10. The summed E-state index contributed by atoms with van der Waals surface area (Å²) in [7, 11) is 1.71. The molecular weight excluding hydrogens is 210 g/mol. The maximum atomic E-state index is 10.6. The first-order valence-electron chi connectivity index (χ1n) is 3.09. The van der Waals surface area contributed by atoms with E-state index in [9.17, 15) is 4.79 Å². The quantitative estimate of drug-likeness (QED) is 0.780. The van der Waals surface area contributed by atoms with Crippen molar-refractivity contribution in [2.75, 3.05) is 0 Å². The van der Waals surface area contributed by atoms with Gasteiger partial charge in [-0.05, 0) is 34.5 Å². The molecule has 1 heterocycles. The Labute approximate surface area is 72.8 Å². The normalized spacial score (nSPS) is 10.1. The first kappa shape index (κ1) is 8.33. The van der Waals surface area contributed by atoms with E-state index in [0.717, 1.165) is 10.2 Å². The molecule has 0 saturated heterocycles. The van der Waals surface area contributed by atoms with Crippen molar-refractivity contribution in [3.05, 3.63) is 21.9 Å². The number of hydrogen-bond donors (Lipinski definition) is 1. The number of carboxylic acid groups (broad SMARTS) is 1. The molecule has 1 N–H and O–H groups in total. The highest BCUT2D eigenvalue weighted by Gasteiger charge is 2.13. The van der Waals surface area contributed by atoms with E-state index in [0.29, 0.717) is 5.69 Å². The Morgan fingerprint density at radius 2 is 2.27 bits per heavy atom. The minimum Gasteiger partial charge on any atom is -0.477 e. The van der Waals surface area contributed by atoms with Crippen LogP contribution in [-0.2, 0) is 7.05 Å². The highest BCUT2D eigenvalue weighted by Crippen LogP contribution is 2.18. The highest BCUT2D eigenvalue weighted by molar-refractivity contribution is 9.10. The second-order valence-corrected chi connectivity index (χ2v) is 3.18. The fourth-order valence-electron chi connectivity index (χ4n) is 1.03. The molecule has 0 amide bonds. The first-order valence-corrected chi connectivity index (χ1v) is 3.88. The fourth-order valence-corrected chi connectivity index (χ4v) is 1.55. The average molecular weight is 218 g/mol. The Balaban J connectivity index is 3.34. The van der Waals surface area contributed by atoms with Gasteiger partial charge in [0.1, 0.15) is 5.69 Å². The third kappa shape index (κ3) is 1.30. The van der Waals surface area contributed by atoms with Crippen LogP contribution in [0.4, 0.5) is 0 Å². The summed E-state index contributed by atoms with van der Waals surface area (Å²) >= 11 is 3.23. The summed E-state index contributed by atoms with van der Waals surface area (Å²) in [6.07, 6.45) is 0. The Morgan fingerprint density at radius 3 is 2.45 bits per heavy atom. The summed E-state index contributed by atoms with van der Waals surface area (Å²) in [5, 5.41) is 8.72. The van der Waals surface area contributed by atoms with Crippen molar-refractivity contribution in [3.8, 4) is 0 Å². The number of halogens is 1. The van der Waals surface area contributed by atoms with Crippen LogP contribution in [0.1, 0.15) is 16.1 Å². The van der Waals surface area contributed by atoms with Gasteiger partial charge in [0.2, 0.25) is 0 Å². The SMILES string of the molecule is Cc1cc(Br)n(C)c1C(=O)O. The topological polar surface area (TPSA) is 42.2 Å². The lowest BCUT2D eigenvalue weighted by Gasteiger charge is -1.98. The number of aromatic nitrogens is 1. The molecular formula is C7H8BrNO2. The van der Waals surface area contributed by atoms with Crippen LogP contribution < -0.4 is 0 Å². The summed E-state index contributed by atoms with van der Waals surface area (Å²) in [6, 6.07) is 1.78. The van der Waals surface area contributed by atoms with Crippen LogP contribution in [0.25, 0.3) is 0 Å². The summed E-state index contributed by atoms with van der Waals surface area (Å²) in [6.45, 7) is 1.77. The molecule has 0 radical (unpaired) electrons. The van der Waals surface area contributed by atoms with Crippen molar-refractivity contribution in [1.29, 1.82) is 0 Å². The van der Waals surface area contributed by atoms with E-state index in [4.69, 9.17) is 5.11 Å². The number of nitrogens with zero attached hydrogens (tertiary/aromatic N) is 1. The number of hydrogen-bond acceptors (Lipinski definition) is 1. The molecule has 1 aromatic rings. The van der Waals surface area contributed by atoms with Gasteiger partial charge in [-0.3, -0.25) is 0 Å². The summed E-state index contributed by atoms with van der Waals surface area (Å²) in [4.78, 5) is 10.6. The van der Waals surface area contributed by atoms with Crippen molar-refractivity contribution >= 4 is 21.9 Å². The molecule has 1 rings (SSSR count). The summed E-state index contributed by atoms with van der Waals surface area (Å²) < 4.78 is 2.38. The molecule has 0 bridgehead atoms. The van der Waals surface area contributed by atoms with Crippen molar-refractivity contribution in [1.82, 2.24) is 4.57 Å². The van der Waals surface area contributed by atoms with Crippen LogP contribution in [0.5, 0.6) is 0 Å². The minimum absolute atomic E-state index is 0.330. The molecule has 11 heavy (non-hydrogen) atoms. The zero-order valence-electron chi connectivity index (χ0n) is 6.26. The van der Waals surface area contributed by atoms with Crippen LogP contribution in [0.3, 0.4) is 0 Å². The second kappa shape index (κ2) is 2.70. The Hall–Kier alpha value is -0.770. The molecule has 0 fully saturated rings. The van der Waals surface area contributed by atoms with Crippen LogP contribution in [0.2, 0.25) is 0 Å². The zero-order chi connectivity index (χ0) is 8.59. The van der Waals surface area contributed by atoms with E-state index >= 15 is 0 Å². The van der Waals surface area contributed by atoms with Gasteiger partial charge in [-0.15, -0.1) is 0 Å². The van der Waals surface area contributed by atoms with E-state index in [-0.39, 0.29) is 0 Å². The van der Waals surface area contributed by atoms with Crippen LogP contribution in [0, 0.1) is 6.92 Å². The maximum absolute atomic E-state index is 10.6. The van der Waals surface area contributed by atoms with Gasteiger partial charge in [-0.1, -0.05) is 0 Å². The van der Waals surface area contributed by atoms with Crippen molar-refractivity contribution < 1.29 is 9.90 Å². The standard InChI is InChI=1S/C7H8BrNO2/c1-4-3-5(8)9(2)6(4)7(10)11/h3H,1-2H3,(H,10,11). The molecule has 0 saturated carbocycles. The van der Waals surface area contributed by atoms with Gasteiger partial charge in [-0.2, -0.15) is 0 Å². The number of carbonyl (C=O) groups is 1. The third-order valence-corrected chi connectivity index (χ3v) is 2.33. The number of aromatic carboxylic acids is 1. The maximum Gasteiger partial charge on any atom is 0.352 e. The van der Waals surface area contributed by atoms with Crippen LogP contribution in [-0.4, -0.2) is 15.6 Å². The lowest BCUT2D eigenvalue weighted by molar-refractivity contribution is 0.0685. The predicted molar refractivity (Wildman–Crippen MR) is 44.8 cm³/mol. The zero-order valence-corrected chi connectivity index (χ0v) is 7.84. The molecule has 0 spiro atoms. The van der Waals surface area contributed by atoms with Crippen molar-refractivity contribution in [3.63, 3.8) is 0 Å². The number of carboxylic acids is 1. The van der Waals surface area contributed by atoms with E-state index in [1.807, 2.05) is 0 Å². The summed E-state index contributed by atoms with van der Waals surface area (Å²) in [5.74, 6) is -0.893. The van der Waals surface area contributed by atoms with Crippen molar-refractivity contribution in [2.24, 2.45) is 7.05 Å². The molecule has 0 aliphatic carbocycles. The number of rotatable bonds is 1. The highest BCUT2D eigenvalue weighted by atomic mass is 79.9. The predicted octanol–water partition coefficient (Wildman–Crippen LogP) is 1.79. The Morgan fingerprint density at radius 1 is 1.73 bits per heavy atom. The third-order valence-electron chi connectivity index (χ3n) is 1.57. The first-order chi connectivity index (χ1) is 5.04. The van der Waals surface area contributed by atoms with Gasteiger partial charge < -0.3 is 9.67 Å². The number of aryl methyl sites for hydroxylation is 1. The van der Waals surface area contributed by atoms with E-state index in [2.05, 4.69) is 15.9 Å². The molecule has 3 nitrogen and oxygen atoms in total. The largest absolute Gasteiger partial charge is 0.477 e. The van der Waals surface area contributed by atoms with E-state index in [1.54, 1.807) is 24.6 Å². The second-order valence-electron chi connectivity index (χ2n) is 2.36.